The molecule has 1 radical (unpaired) electrons. The molecule has 4 aromatic heterocycles. The van der Waals surface area contributed by atoms with Gasteiger partial charge in [0.05, 0.1) is 5.52 Å². The predicted molar refractivity (Wildman–Crippen MR) is 240 cm³/mol. The van der Waals surface area contributed by atoms with Crippen LogP contribution in [-0.4, -0.2) is 12.3 Å². The number of hydrogen-bond acceptors (Lipinski definition) is 4. The molecule has 6 heteroatoms. The molecule has 0 fully saturated rings. The Labute approximate surface area is 330 Å². The molecule has 267 valence electrons. The van der Waals surface area contributed by atoms with Gasteiger partial charge in [0.2, 0.25) is 0 Å². The highest BCUT2D eigenvalue weighted by Gasteiger charge is 2.32. The standard InChI is InChI=1S/C52H28BN2O3/c1-2-11-29-23-40-36(22-28(29)10-1)33-15-9-16-35(52(33)54-40)50-49-34-14-5-8-19-45(34)58-48(49)27-42-51(50)53-39-26-47-38(32-13-4-7-18-44(32)57-47)25-41(39)55(42)30-20-21-46-37(24-30)31-12-3-6-17-43(31)56-46/h1-27,54H. The van der Waals surface area contributed by atoms with E-state index in [-0.39, 0.29) is 0 Å². The molecule has 0 spiro atoms. The largest absolute Gasteiger partial charge is 0.456 e. The first-order valence-electron chi connectivity index (χ1n) is 19.7. The van der Waals surface area contributed by atoms with E-state index in [0.717, 1.165) is 116 Å². The van der Waals surface area contributed by atoms with Crippen molar-refractivity contribution in [3.63, 3.8) is 0 Å². The predicted octanol–water partition coefficient (Wildman–Crippen LogP) is 13.3. The molecule has 0 bridgehead atoms. The summed E-state index contributed by atoms with van der Waals surface area (Å²) in [5.74, 6) is 0. The number of aromatic nitrogens is 1. The summed E-state index contributed by atoms with van der Waals surface area (Å²) in [5, 5.41) is 11.3. The number of anilines is 3. The molecule has 9 aromatic carbocycles. The number of fused-ring (bicyclic) bond motifs is 15. The molecule has 13 aromatic rings. The summed E-state index contributed by atoms with van der Waals surface area (Å²) >= 11 is 0. The first kappa shape index (κ1) is 30.5. The zero-order valence-corrected chi connectivity index (χ0v) is 30.8. The molecule has 14 rings (SSSR count). The van der Waals surface area contributed by atoms with E-state index < -0.39 is 0 Å². The van der Waals surface area contributed by atoms with Crippen LogP contribution in [0.1, 0.15) is 0 Å². The van der Waals surface area contributed by atoms with Crippen molar-refractivity contribution < 1.29 is 13.3 Å². The van der Waals surface area contributed by atoms with Gasteiger partial charge in [-0.3, -0.25) is 0 Å². The lowest BCUT2D eigenvalue weighted by atomic mass is 9.57. The Balaban J connectivity index is 1.12. The summed E-state index contributed by atoms with van der Waals surface area (Å²) in [5.41, 5.74) is 14.9. The van der Waals surface area contributed by atoms with E-state index in [1.54, 1.807) is 0 Å². The molecule has 5 nitrogen and oxygen atoms in total. The molecule has 1 aliphatic rings. The Morgan fingerprint density at radius 2 is 1.07 bits per heavy atom. The van der Waals surface area contributed by atoms with Gasteiger partial charge in [0, 0.05) is 77.3 Å². The van der Waals surface area contributed by atoms with E-state index in [1.165, 1.54) is 21.5 Å². The van der Waals surface area contributed by atoms with E-state index in [9.17, 15) is 0 Å². The normalized spacial score (nSPS) is 12.9. The maximum Gasteiger partial charge on any atom is 0.198 e. The molecule has 0 unspecified atom stereocenters. The molecule has 0 aliphatic carbocycles. The second kappa shape index (κ2) is 11.0. The highest BCUT2D eigenvalue weighted by atomic mass is 16.3. The van der Waals surface area contributed by atoms with Gasteiger partial charge in [0.15, 0.2) is 7.28 Å². The lowest BCUT2D eigenvalue weighted by molar-refractivity contribution is 0.668. The van der Waals surface area contributed by atoms with Crippen LogP contribution in [-0.2, 0) is 0 Å². The van der Waals surface area contributed by atoms with Gasteiger partial charge in [-0.15, -0.1) is 0 Å². The van der Waals surface area contributed by atoms with Crippen molar-refractivity contribution in [2.45, 2.75) is 0 Å². The molecule has 1 N–H and O–H groups in total. The van der Waals surface area contributed by atoms with Gasteiger partial charge >= 0.3 is 0 Å². The number of para-hydroxylation sites is 4. The number of H-pyrrole nitrogens is 1. The second-order valence-electron chi connectivity index (χ2n) is 15.5. The summed E-state index contributed by atoms with van der Waals surface area (Å²) in [6.07, 6.45) is 0. The number of rotatable bonds is 2. The summed E-state index contributed by atoms with van der Waals surface area (Å²) in [6, 6.07) is 58.1. The Morgan fingerprint density at radius 3 is 1.88 bits per heavy atom. The van der Waals surface area contributed by atoms with Gasteiger partial charge in [-0.25, -0.2) is 0 Å². The summed E-state index contributed by atoms with van der Waals surface area (Å²) in [4.78, 5) is 6.30. The van der Waals surface area contributed by atoms with Crippen LogP contribution in [0.25, 0.3) is 110 Å². The van der Waals surface area contributed by atoms with Crippen LogP contribution in [0.5, 0.6) is 0 Å². The van der Waals surface area contributed by atoms with E-state index in [4.69, 9.17) is 13.3 Å². The fraction of sp³-hybridized carbons (Fsp3) is 0. The molecule has 0 atom stereocenters. The lowest BCUT2D eigenvalue weighted by Gasteiger charge is -2.35. The Bertz CT molecular complexity index is 3920. The van der Waals surface area contributed by atoms with Crippen LogP contribution in [0.4, 0.5) is 17.1 Å². The molecular weight excluding hydrogens is 711 g/mol. The number of nitrogens with zero attached hydrogens (tertiary/aromatic N) is 1. The molecule has 0 saturated carbocycles. The van der Waals surface area contributed by atoms with Crippen molar-refractivity contribution in [2.24, 2.45) is 0 Å². The number of furan rings is 3. The zero-order chi connectivity index (χ0) is 37.6. The smallest absolute Gasteiger partial charge is 0.198 e. The van der Waals surface area contributed by atoms with E-state index in [0.29, 0.717) is 0 Å². The lowest BCUT2D eigenvalue weighted by Crippen LogP contribution is -2.41. The summed E-state index contributed by atoms with van der Waals surface area (Å²) in [6.45, 7) is 0. The molecule has 1 aliphatic heterocycles. The molecule has 58 heavy (non-hydrogen) atoms. The van der Waals surface area contributed by atoms with Crippen LogP contribution in [0.15, 0.2) is 177 Å². The van der Waals surface area contributed by atoms with Crippen LogP contribution in [0.3, 0.4) is 0 Å². The molecule has 0 amide bonds. The van der Waals surface area contributed by atoms with Crippen LogP contribution in [0, 0.1) is 0 Å². The minimum Gasteiger partial charge on any atom is -0.456 e. The van der Waals surface area contributed by atoms with E-state index in [2.05, 4.69) is 151 Å². The first-order valence-corrected chi connectivity index (χ1v) is 19.7. The average molecular weight is 740 g/mol. The third-order valence-corrected chi connectivity index (χ3v) is 12.4. The fourth-order valence-electron chi connectivity index (χ4n) is 9.82. The third kappa shape index (κ3) is 4.05. The van der Waals surface area contributed by atoms with E-state index >= 15 is 0 Å². The van der Waals surface area contributed by atoms with Gasteiger partial charge in [0.25, 0.3) is 0 Å². The Hall–Kier alpha value is -7.70. The van der Waals surface area contributed by atoms with E-state index in [1.807, 2.05) is 30.3 Å². The van der Waals surface area contributed by atoms with Gasteiger partial charge in [-0.2, -0.15) is 0 Å². The van der Waals surface area contributed by atoms with Crippen molar-refractivity contribution in [1.29, 1.82) is 0 Å². The minimum atomic E-state index is 0.834. The van der Waals surface area contributed by atoms with Crippen molar-refractivity contribution in [1.82, 2.24) is 4.98 Å². The Morgan fingerprint density at radius 1 is 0.431 bits per heavy atom. The first-order chi connectivity index (χ1) is 28.7. The van der Waals surface area contributed by atoms with Crippen molar-refractivity contribution >= 4 is 134 Å². The van der Waals surface area contributed by atoms with Crippen molar-refractivity contribution in [3.8, 4) is 11.1 Å². The minimum absolute atomic E-state index is 0.834. The van der Waals surface area contributed by atoms with Crippen molar-refractivity contribution in [3.05, 3.63) is 164 Å². The van der Waals surface area contributed by atoms with Gasteiger partial charge in [-0.1, -0.05) is 103 Å². The topological polar surface area (TPSA) is 58.5 Å². The summed E-state index contributed by atoms with van der Waals surface area (Å²) in [7, 11) is 2.35. The number of hydrogen-bond donors (Lipinski definition) is 1. The van der Waals surface area contributed by atoms with Gasteiger partial charge < -0.3 is 23.1 Å². The van der Waals surface area contributed by atoms with Crippen LogP contribution in [0.2, 0.25) is 0 Å². The quantitative estimate of drug-likeness (QED) is 0.179. The van der Waals surface area contributed by atoms with Gasteiger partial charge in [-0.05, 0) is 82.5 Å². The average Bonchev–Trinajstić information content (AvgIpc) is 4.03. The second-order valence-corrected chi connectivity index (χ2v) is 15.5. The maximum atomic E-state index is 6.83. The number of nitrogens with one attached hydrogen (secondary N) is 1. The van der Waals surface area contributed by atoms with Crippen molar-refractivity contribution in [2.75, 3.05) is 4.90 Å². The molecular formula is C52H28BN2O3. The summed E-state index contributed by atoms with van der Waals surface area (Å²) < 4.78 is 19.7. The highest BCUT2D eigenvalue weighted by Crippen LogP contribution is 2.47. The molecule has 5 heterocycles. The SMILES string of the molecule is [B]1c2cc3oc4ccccc4c3cc2N(c2ccc3oc4ccccc4c3c2)c2cc3oc4ccccc4c3c(-c3cccc4c3[nH]c3cc5ccccc5cc34)c21. The monoisotopic (exact) mass is 739 g/mol. The van der Waals surface area contributed by atoms with Crippen LogP contribution >= 0.6 is 0 Å². The molecule has 0 saturated heterocycles. The number of benzene rings is 9. The Kier molecular flexibility index (Phi) is 5.78. The fourth-order valence-corrected chi connectivity index (χ4v) is 9.82. The maximum absolute atomic E-state index is 6.83. The van der Waals surface area contributed by atoms with Gasteiger partial charge in [0.1, 0.15) is 33.5 Å². The number of aromatic amines is 1. The van der Waals surface area contributed by atoms with Crippen LogP contribution < -0.4 is 15.8 Å². The highest BCUT2D eigenvalue weighted by molar-refractivity contribution is 6.74. The third-order valence-electron chi connectivity index (χ3n) is 12.4. The zero-order valence-electron chi connectivity index (χ0n) is 30.8.